The van der Waals surface area contributed by atoms with Crippen LogP contribution in [0.4, 0.5) is 0 Å². The zero-order valence-electron chi connectivity index (χ0n) is 13.8. The monoisotopic (exact) mass is 296 g/mol. The summed E-state index contributed by atoms with van der Waals surface area (Å²) in [6.07, 6.45) is 13.5. The second-order valence-electron chi connectivity index (χ2n) is 4.75. The summed E-state index contributed by atoms with van der Waals surface area (Å²) in [5, 5.41) is 14.3. The van der Waals surface area contributed by atoms with Gasteiger partial charge in [-0.25, -0.2) is 4.68 Å². The molecule has 0 saturated carbocycles. The molecule has 0 aliphatic rings. The maximum absolute atomic E-state index is 9.79. The van der Waals surface area contributed by atoms with E-state index in [1.807, 2.05) is 68.8 Å². The van der Waals surface area contributed by atoms with Gasteiger partial charge in [0.1, 0.15) is 11.5 Å². The van der Waals surface area contributed by atoms with Crippen LogP contribution in [0.5, 0.6) is 0 Å². The molecule has 1 aromatic heterocycles. The summed E-state index contributed by atoms with van der Waals surface area (Å²) in [5.41, 5.74) is 4.10. The van der Waals surface area contributed by atoms with Gasteiger partial charge in [0.25, 0.3) is 0 Å². The molecule has 22 heavy (non-hydrogen) atoms. The van der Waals surface area contributed by atoms with Crippen molar-refractivity contribution in [3.05, 3.63) is 72.6 Å². The van der Waals surface area contributed by atoms with Crippen molar-refractivity contribution < 1.29 is 5.11 Å². The Morgan fingerprint density at radius 1 is 1.23 bits per heavy atom. The van der Waals surface area contributed by atoms with Gasteiger partial charge >= 0.3 is 0 Å². The van der Waals surface area contributed by atoms with Gasteiger partial charge in [0, 0.05) is 5.56 Å². The predicted molar refractivity (Wildman–Crippen MR) is 96.4 cm³/mol. The van der Waals surface area contributed by atoms with Gasteiger partial charge in [-0.3, -0.25) is 0 Å². The minimum absolute atomic E-state index is 0.0390. The lowest BCUT2D eigenvalue weighted by Crippen LogP contribution is -2.02. The maximum atomic E-state index is 9.79. The molecule has 0 atom stereocenters. The minimum atomic E-state index is -0.0390. The third-order valence-electron chi connectivity index (χ3n) is 3.23. The normalized spacial score (nSPS) is 13.3. The average Bonchev–Trinajstić information content (AvgIpc) is 2.84. The van der Waals surface area contributed by atoms with Crippen LogP contribution in [0.3, 0.4) is 0 Å². The smallest absolute Gasteiger partial charge is 0.136 e. The molecule has 3 nitrogen and oxygen atoms in total. The first-order valence-electron chi connectivity index (χ1n) is 7.24. The van der Waals surface area contributed by atoms with E-state index in [1.54, 1.807) is 6.08 Å². The van der Waals surface area contributed by atoms with Crippen molar-refractivity contribution in [3.8, 4) is 0 Å². The van der Waals surface area contributed by atoms with Crippen molar-refractivity contribution in [1.29, 1.82) is 0 Å². The summed E-state index contributed by atoms with van der Waals surface area (Å²) < 4.78 is 1.81. The average molecular weight is 296 g/mol. The number of aliphatic hydroxyl groups is 1. The van der Waals surface area contributed by atoms with Crippen molar-refractivity contribution in [1.82, 2.24) is 9.78 Å². The fraction of sp³-hybridized carbons (Fsp3) is 0.211. The molecule has 0 radical (unpaired) electrons. The highest BCUT2D eigenvalue weighted by Gasteiger charge is 2.19. The SMILES string of the molecule is C=C/C(=C\C=C/C)c1c(C)c(C(=C)O)nn1C(/C=C\C)=C/C. The fourth-order valence-corrected chi connectivity index (χ4v) is 2.20. The van der Waals surface area contributed by atoms with E-state index in [0.717, 1.165) is 22.5 Å². The summed E-state index contributed by atoms with van der Waals surface area (Å²) >= 11 is 0. The van der Waals surface area contributed by atoms with Crippen molar-refractivity contribution in [2.24, 2.45) is 0 Å². The van der Waals surface area contributed by atoms with Crippen molar-refractivity contribution >= 4 is 17.0 Å². The van der Waals surface area contributed by atoms with E-state index in [-0.39, 0.29) is 5.76 Å². The molecular weight excluding hydrogens is 272 g/mol. The van der Waals surface area contributed by atoms with Crippen molar-refractivity contribution in [2.45, 2.75) is 27.7 Å². The number of hydrogen-bond donors (Lipinski definition) is 1. The molecular formula is C19H24N2O. The standard InChI is InChI=1S/C19H24N2O/c1-7-11-13-16(9-3)19-14(5)18(15(6)22)20-21(19)17(10-4)12-8-2/h7-13,22H,3,6H2,1-2,4-5H3/b11-7-,12-8-,16-13+,17-10+. The Kier molecular flexibility index (Phi) is 6.39. The highest BCUT2D eigenvalue weighted by molar-refractivity contribution is 5.80. The molecule has 1 aromatic rings. The molecule has 1 heterocycles. The third kappa shape index (κ3) is 3.55. The zero-order valence-corrected chi connectivity index (χ0v) is 13.8. The van der Waals surface area contributed by atoms with E-state index in [9.17, 15) is 5.11 Å². The number of allylic oxidation sites excluding steroid dienone is 9. The maximum Gasteiger partial charge on any atom is 0.136 e. The lowest BCUT2D eigenvalue weighted by molar-refractivity contribution is 0.509. The summed E-state index contributed by atoms with van der Waals surface area (Å²) in [5.74, 6) is -0.0390. The Morgan fingerprint density at radius 3 is 2.36 bits per heavy atom. The molecule has 0 aromatic carbocycles. The fourth-order valence-electron chi connectivity index (χ4n) is 2.20. The molecule has 0 saturated heterocycles. The lowest BCUT2D eigenvalue weighted by atomic mass is 10.1. The van der Waals surface area contributed by atoms with E-state index in [4.69, 9.17) is 0 Å². The minimum Gasteiger partial charge on any atom is -0.506 e. The van der Waals surface area contributed by atoms with E-state index in [2.05, 4.69) is 18.3 Å². The quantitative estimate of drug-likeness (QED) is 0.571. The van der Waals surface area contributed by atoms with Crippen molar-refractivity contribution in [2.75, 3.05) is 0 Å². The summed E-state index contributed by atoms with van der Waals surface area (Å²) in [4.78, 5) is 0. The van der Waals surface area contributed by atoms with Crippen molar-refractivity contribution in [3.63, 3.8) is 0 Å². The van der Waals surface area contributed by atoms with E-state index >= 15 is 0 Å². The number of nitrogens with zero attached hydrogens (tertiary/aromatic N) is 2. The number of aromatic nitrogens is 2. The van der Waals surface area contributed by atoms with Crippen LogP contribution in [-0.2, 0) is 0 Å². The van der Waals surface area contributed by atoms with E-state index < -0.39 is 0 Å². The first-order chi connectivity index (χ1) is 10.5. The molecule has 116 valence electrons. The van der Waals surface area contributed by atoms with Gasteiger partial charge in [0.15, 0.2) is 0 Å². The summed E-state index contributed by atoms with van der Waals surface area (Å²) in [7, 11) is 0. The van der Waals surface area contributed by atoms with E-state index in [0.29, 0.717) is 5.69 Å². The Labute approximate surface area is 133 Å². The van der Waals surface area contributed by atoms with Crippen LogP contribution in [0.25, 0.3) is 17.0 Å². The molecule has 1 N–H and O–H groups in total. The second kappa shape index (κ2) is 8.03. The van der Waals surface area contributed by atoms with E-state index in [1.165, 1.54) is 0 Å². The molecule has 0 spiro atoms. The van der Waals surface area contributed by atoms with Gasteiger partial charge in [0.05, 0.1) is 11.4 Å². The Morgan fingerprint density at radius 2 is 1.91 bits per heavy atom. The van der Waals surface area contributed by atoms with Crippen LogP contribution >= 0.6 is 0 Å². The van der Waals surface area contributed by atoms with Crippen LogP contribution in [0.2, 0.25) is 0 Å². The molecule has 1 rings (SSSR count). The highest BCUT2D eigenvalue weighted by Crippen LogP contribution is 2.28. The number of aliphatic hydroxyl groups excluding tert-OH is 1. The molecule has 0 aliphatic carbocycles. The van der Waals surface area contributed by atoms with Crippen LogP contribution in [0, 0.1) is 6.92 Å². The first-order valence-corrected chi connectivity index (χ1v) is 7.24. The Hall–Kier alpha value is -2.55. The first kappa shape index (κ1) is 17.5. The zero-order chi connectivity index (χ0) is 16.7. The molecule has 0 bridgehead atoms. The van der Waals surface area contributed by atoms with Gasteiger partial charge < -0.3 is 5.11 Å². The number of rotatable bonds is 6. The van der Waals surface area contributed by atoms with Gasteiger partial charge in [-0.15, -0.1) is 0 Å². The van der Waals surface area contributed by atoms with Gasteiger partial charge in [-0.05, 0) is 39.3 Å². The Balaban J connectivity index is 3.73. The lowest BCUT2D eigenvalue weighted by Gasteiger charge is -2.10. The topological polar surface area (TPSA) is 38.1 Å². The molecule has 0 aliphatic heterocycles. The van der Waals surface area contributed by atoms with Gasteiger partial charge in [-0.1, -0.05) is 49.6 Å². The Bertz CT molecular complexity index is 683. The predicted octanol–water partition coefficient (Wildman–Crippen LogP) is 5.30. The van der Waals surface area contributed by atoms with Gasteiger partial charge in [-0.2, -0.15) is 5.10 Å². The van der Waals surface area contributed by atoms with Crippen LogP contribution in [0.15, 0.2) is 55.7 Å². The molecule has 0 amide bonds. The van der Waals surface area contributed by atoms with Crippen LogP contribution in [-0.4, -0.2) is 14.9 Å². The van der Waals surface area contributed by atoms with Crippen LogP contribution in [0.1, 0.15) is 37.7 Å². The second-order valence-corrected chi connectivity index (χ2v) is 4.75. The summed E-state index contributed by atoms with van der Waals surface area (Å²) in [6.45, 7) is 15.3. The largest absolute Gasteiger partial charge is 0.506 e. The number of hydrogen-bond acceptors (Lipinski definition) is 2. The van der Waals surface area contributed by atoms with Gasteiger partial charge in [0.2, 0.25) is 0 Å². The third-order valence-corrected chi connectivity index (χ3v) is 3.23. The summed E-state index contributed by atoms with van der Waals surface area (Å²) in [6, 6.07) is 0. The highest BCUT2D eigenvalue weighted by atomic mass is 16.3. The molecule has 3 heteroatoms. The molecule has 0 fully saturated rings. The van der Waals surface area contributed by atoms with Crippen LogP contribution < -0.4 is 0 Å². The molecule has 0 unspecified atom stereocenters.